The number of anilines is 2. The van der Waals surface area contributed by atoms with Gasteiger partial charge in [-0.3, -0.25) is 0 Å². The van der Waals surface area contributed by atoms with Crippen molar-refractivity contribution in [2.45, 2.75) is 44.9 Å². The van der Waals surface area contributed by atoms with Crippen molar-refractivity contribution in [3.05, 3.63) is 12.4 Å². The molecule has 1 aromatic rings. The average molecular weight is 246 g/mol. The van der Waals surface area contributed by atoms with E-state index in [9.17, 15) is 0 Å². The molecule has 0 atom stereocenters. The third-order valence-corrected chi connectivity index (χ3v) is 4.74. The highest BCUT2D eigenvalue weighted by molar-refractivity contribution is 5.46. The third kappa shape index (κ3) is 2.28. The minimum atomic E-state index is 0.568. The van der Waals surface area contributed by atoms with Crippen molar-refractivity contribution in [2.24, 2.45) is 5.41 Å². The standard InChI is InChI=1S/C14H22N4/c15-12-10-13(17-11-16-12)18-8-6-14(7-9-18)4-2-1-3-5-14/h10-11H,1-9H2,(H2,15,16,17). The van der Waals surface area contributed by atoms with E-state index in [4.69, 9.17) is 5.73 Å². The summed E-state index contributed by atoms with van der Waals surface area (Å²) >= 11 is 0. The van der Waals surface area contributed by atoms with Crippen molar-refractivity contribution in [3.8, 4) is 0 Å². The van der Waals surface area contributed by atoms with Crippen LogP contribution in [0.15, 0.2) is 12.4 Å². The van der Waals surface area contributed by atoms with Gasteiger partial charge in [-0.05, 0) is 31.1 Å². The lowest BCUT2D eigenvalue weighted by molar-refractivity contribution is 0.144. The van der Waals surface area contributed by atoms with Crippen molar-refractivity contribution in [3.63, 3.8) is 0 Å². The second-order valence-electron chi connectivity index (χ2n) is 5.85. The molecule has 4 nitrogen and oxygen atoms in total. The lowest BCUT2D eigenvalue weighted by atomic mass is 9.68. The molecule has 0 bridgehead atoms. The van der Waals surface area contributed by atoms with E-state index in [2.05, 4.69) is 14.9 Å². The first-order valence-electron chi connectivity index (χ1n) is 7.10. The zero-order valence-electron chi connectivity index (χ0n) is 10.9. The van der Waals surface area contributed by atoms with E-state index >= 15 is 0 Å². The Bertz CT molecular complexity index is 402. The van der Waals surface area contributed by atoms with Gasteiger partial charge in [-0.1, -0.05) is 19.3 Å². The molecule has 98 valence electrons. The Morgan fingerprint density at radius 2 is 1.72 bits per heavy atom. The number of hydrogen-bond acceptors (Lipinski definition) is 4. The smallest absolute Gasteiger partial charge is 0.134 e. The van der Waals surface area contributed by atoms with Crippen molar-refractivity contribution >= 4 is 11.6 Å². The predicted octanol–water partition coefficient (Wildman–Crippen LogP) is 2.61. The molecule has 4 heteroatoms. The number of nitrogens with zero attached hydrogens (tertiary/aromatic N) is 3. The van der Waals surface area contributed by atoms with E-state index in [0.717, 1.165) is 18.9 Å². The number of rotatable bonds is 1. The average Bonchev–Trinajstić information content (AvgIpc) is 2.40. The van der Waals surface area contributed by atoms with Crippen LogP contribution in [0.25, 0.3) is 0 Å². The quantitative estimate of drug-likeness (QED) is 0.827. The Kier molecular flexibility index (Phi) is 3.10. The zero-order chi connectivity index (χ0) is 12.4. The van der Waals surface area contributed by atoms with Gasteiger partial charge in [0.25, 0.3) is 0 Å². The first-order chi connectivity index (χ1) is 8.77. The molecular formula is C14H22N4. The Morgan fingerprint density at radius 3 is 2.39 bits per heavy atom. The van der Waals surface area contributed by atoms with Gasteiger partial charge in [0, 0.05) is 19.2 Å². The maximum Gasteiger partial charge on any atom is 0.134 e. The molecule has 3 rings (SSSR count). The van der Waals surface area contributed by atoms with Crippen LogP contribution in [-0.4, -0.2) is 23.1 Å². The summed E-state index contributed by atoms with van der Waals surface area (Å²) in [6.45, 7) is 2.24. The van der Waals surface area contributed by atoms with E-state index in [1.54, 1.807) is 6.33 Å². The molecule has 1 saturated heterocycles. The van der Waals surface area contributed by atoms with Crippen LogP contribution in [-0.2, 0) is 0 Å². The first-order valence-corrected chi connectivity index (χ1v) is 7.10. The van der Waals surface area contributed by atoms with Gasteiger partial charge in [0.15, 0.2) is 0 Å². The highest BCUT2D eigenvalue weighted by atomic mass is 15.2. The minimum Gasteiger partial charge on any atom is -0.384 e. The molecule has 2 heterocycles. The van der Waals surface area contributed by atoms with Gasteiger partial charge < -0.3 is 10.6 Å². The number of nitrogen functional groups attached to an aromatic ring is 1. The second kappa shape index (κ2) is 4.75. The molecule has 1 saturated carbocycles. The van der Waals surface area contributed by atoms with Gasteiger partial charge >= 0.3 is 0 Å². The number of piperidine rings is 1. The molecule has 1 spiro atoms. The van der Waals surface area contributed by atoms with Crippen molar-refractivity contribution in [1.82, 2.24) is 9.97 Å². The summed E-state index contributed by atoms with van der Waals surface area (Å²) in [5.74, 6) is 1.56. The van der Waals surface area contributed by atoms with Gasteiger partial charge in [-0.15, -0.1) is 0 Å². The normalized spacial score (nSPS) is 23.2. The Hall–Kier alpha value is -1.32. The molecule has 2 aliphatic rings. The van der Waals surface area contributed by atoms with Gasteiger partial charge in [-0.2, -0.15) is 0 Å². The summed E-state index contributed by atoms with van der Waals surface area (Å²) in [6, 6.07) is 1.89. The van der Waals surface area contributed by atoms with Crippen LogP contribution >= 0.6 is 0 Å². The molecule has 0 radical (unpaired) electrons. The van der Waals surface area contributed by atoms with E-state index < -0.39 is 0 Å². The van der Waals surface area contributed by atoms with Gasteiger partial charge in [0.05, 0.1) is 0 Å². The molecule has 0 aromatic carbocycles. The summed E-state index contributed by atoms with van der Waals surface area (Å²) in [6.07, 6.45) is 11.4. The molecule has 1 aliphatic carbocycles. The molecule has 2 fully saturated rings. The molecule has 0 amide bonds. The monoisotopic (exact) mass is 246 g/mol. The Labute approximate surface area is 109 Å². The van der Waals surface area contributed by atoms with E-state index in [0.29, 0.717) is 11.2 Å². The molecular weight excluding hydrogens is 224 g/mol. The fourth-order valence-corrected chi connectivity index (χ4v) is 3.55. The number of nitrogens with two attached hydrogens (primary N) is 1. The summed E-state index contributed by atoms with van der Waals surface area (Å²) < 4.78 is 0. The lowest BCUT2D eigenvalue weighted by Crippen LogP contribution is -2.41. The Morgan fingerprint density at radius 1 is 1.00 bits per heavy atom. The maximum absolute atomic E-state index is 5.72. The van der Waals surface area contributed by atoms with E-state index in [-0.39, 0.29) is 0 Å². The summed E-state index contributed by atoms with van der Waals surface area (Å²) in [7, 11) is 0. The largest absolute Gasteiger partial charge is 0.384 e. The van der Waals surface area contributed by atoms with Crippen molar-refractivity contribution in [2.75, 3.05) is 23.7 Å². The number of hydrogen-bond donors (Lipinski definition) is 1. The molecule has 0 unspecified atom stereocenters. The molecule has 18 heavy (non-hydrogen) atoms. The zero-order valence-corrected chi connectivity index (χ0v) is 10.9. The fraction of sp³-hybridized carbons (Fsp3) is 0.714. The molecule has 2 N–H and O–H groups in total. The maximum atomic E-state index is 5.72. The van der Waals surface area contributed by atoms with Gasteiger partial charge in [0.1, 0.15) is 18.0 Å². The Balaban J connectivity index is 1.66. The van der Waals surface area contributed by atoms with Crippen LogP contribution in [0.4, 0.5) is 11.6 Å². The van der Waals surface area contributed by atoms with Crippen LogP contribution in [0.2, 0.25) is 0 Å². The van der Waals surface area contributed by atoms with Gasteiger partial charge in [0.2, 0.25) is 0 Å². The topological polar surface area (TPSA) is 55.0 Å². The van der Waals surface area contributed by atoms with Crippen LogP contribution < -0.4 is 10.6 Å². The van der Waals surface area contributed by atoms with Crippen LogP contribution in [0.1, 0.15) is 44.9 Å². The highest BCUT2D eigenvalue weighted by Gasteiger charge is 2.35. The van der Waals surface area contributed by atoms with Crippen LogP contribution in [0.3, 0.4) is 0 Å². The first kappa shape index (κ1) is 11.8. The minimum absolute atomic E-state index is 0.568. The lowest BCUT2D eigenvalue weighted by Gasteiger charge is -2.44. The van der Waals surface area contributed by atoms with E-state index in [1.807, 2.05) is 6.07 Å². The van der Waals surface area contributed by atoms with E-state index in [1.165, 1.54) is 44.9 Å². The highest BCUT2D eigenvalue weighted by Crippen LogP contribution is 2.44. The third-order valence-electron chi connectivity index (χ3n) is 4.74. The van der Waals surface area contributed by atoms with Crippen molar-refractivity contribution < 1.29 is 0 Å². The SMILES string of the molecule is Nc1cc(N2CCC3(CCCCC3)CC2)ncn1. The number of aromatic nitrogens is 2. The summed E-state index contributed by atoms with van der Waals surface area (Å²) in [5.41, 5.74) is 6.37. The molecule has 1 aromatic heterocycles. The second-order valence-corrected chi connectivity index (χ2v) is 5.85. The molecule has 1 aliphatic heterocycles. The van der Waals surface area contributed by atoms with Crippen LogP contribution in [0.5, 0.6) is 0 Å². The predicted molar refractivity (Wildman–Crippen MR) is 73.4 cm³/mol. The van der Waals surface area contributed by atoms with Gasteiger partial charge in [-0.25, -0.2) is 9.97 Å². The van der Waals surface area contributed by atoms with Crippen molar-refractivity contribution in [1.29, 1.82) is 0 Å². The summed E-state index contributed by atoms with van der Waals surface area (Å²) in [4.78, 5) is 10.6. The van der Waals surface area contributed by atoms with Crippen LogP contribution in [0, 0.1) is 5.41 Å². The summed E-state index contributed by atoms with van der Waals surface area (Å²) in [5, 5.41) is 0. The fourth-order valence-electron chi connectivity index (χ4n) is 3.55.